The van der Waals surface area contributed by atoms with Crippen molar-refractivity contribution in [3.63, 3.8) is 0 Å². The van der Waals surface area contributed by atoms with Crippen molar-refractivity contribution in [2.24, 2.45) is 12.0 Å². The lowest BCUT2D eigenvalue weighted by Gasteiger charge is -2.21. The number of aromatic nitrogens is 2. The van der Waals surface area contributed by atoms with E-state index in [9.17, 15) is 0 Å². The molecule has 1 unspecified atom stereocenters. The third kappa shape index (κ3) is 7.16. The van der Waals surface area contributed by atoms with Crippen molar-refractivity contribution in [3.8, 4) is 5.75 Å². The van der Waals surface area contributed by atoms with Gasteiger partial charge in [-0.15, -0.1) is 24.0 Å². The summed E-state index contributed by atoms with van der Waals surface area (Å²) >= 11 is 0. The maximum atomic E-state index is 5.78. The Balaban J connectivity index is 0.00000320. The Bertz CT molecular complexity index is 778. The minimum absolute atomic E-state index is 0. The van der Waals surface area contributed by atoms with Gasteiger partial charge in [-0.25, -0.2) is 0 Å². The molecule has 7 nitrogen and oxygen atoms in total. The van der Waals surface area contributed by atoms with Crippen molar-refractivity contribution < 1.29 is 9.47 Å². The molecule has 2 aromatic rings. The fourth-order valence-electron chi connectivity index (χ4n) is 3.56. The molecule has 1 aromatic carbocycles. The van der Waals surface area contributed by atoms with Gasteiger partial charge in [-0.2, -0.15) is 5.10 Å². The monoisotopic (exact) mass is 527 g/mol. The molecule has 0 aliphatic carbocycles. The number of likely N-dealkylation sites (tertiary alicyclic amines) is 1. The fourth-order valence-corrected chi connectivity index (χ4v) is 3.56. The first-order valence-corrected chi connectivity index (χ1v) is 10.4. The second-order valence-corrected chi connectivity index (χ2v) is 7.37. The average Bonchev–Trinajstić information content (AvgIpc) is 3.39. The second-order valence-electron chi connectivity index (χ2n) is 7.37. The summed E-state index contributed by atoms with van der Waals surface area (Å²) in [6.45, 7) is 7.09. The molecule has 8 heteroatoms. The minimum atomic E-state index is 0. The van der Waals surface area contributed by atoms with Crippen LogP contribution < -0.4 is 10.1 Å². The van der Waals surface area contributed by atoms with Crippen LogP contribution in [0.1, 0.15) is 36.8 Å². The Labute approximate surface area is 196 Å². The molecule has 0 radical (unpaired) electrons. The molecule has 30 heavy (non-hydrogen) atoms. The van der Waals surface area contributed by atoms with Gasteiger partial charge in [-0.05, 0) is 43.0 Å². The van der Waals surface area contributed by atoms with Crippen molar-refractivity contribution in [2.75, 3.05) is 39.9 Å². The average molecular weight is 527 g/mol. The highest BCUT2D eigenvalue weighted by Gasteiger charge is 2.26. The quantitative estimate of drug-likeness (QED) is 0.235. The first kappa shape index (κ1) is 24.5. The van der Waals surface area contributed by atoms with Gasteiger partial charge in [0, 0.05) is 51.9 Å². The van der Waals surface area contributed by atoms with E-state index in [4.69, 9.17) is 14.5 Å². The lowest BCUT2D eigenvalue weighted by atomic mass is 10.0. The van der Waals surface area contributed by atoms with Crippen LogP contribution in [-0.4, -0.2) is 60.5 Å². The van der Waals surface area contributed by atoms with E-state index in [1.54, 1.807) is 7.11 Å². The molecule has 0 bridgehead atoms. The van der Waals surface area contributed by atoms with Crippen LogP contribution in [0.25, 0.3) is 0 Å². The summed E-state index contributed by atoms with van der Waals surface area (Å²) in [7, 11) is 3.65. The zero-order chi connectivity index (χ0) is 20.5. The summed E-state index contributed by atoms with van der Waals surface area (Å²) in [5.74, 6) is 2.40. The zero-order valence-corrected chi connectivity index (χ0v) is 20.5. The zero-order valence-electron chi connectivity index (χ0n) is 18.2. The number of aliphatic imine (C=N–C) groups is 1. The first-order chi connectivity index (χ1) is 14.2. The second kappa shape index (κ2) is 12.8. The number of nitrogens with one attached hydrogen (secondary N) is 1. The van der Waals surface area contributed by atoms with Crippen LogP contribution in [0.4, 0.5) is 0 Å². The van der Waals surface area contributed by atoms with Crippen molar-refractivity contribution >= 4 is 29.9 Å². The largest absolute Gasteiger partial charge is 0.497 e. The third-order valence-electron chi connectivity index (χ3n) is 5.16. The SMILES string of the molecule is CCNC(=NCCCOCc1ccc(OC)cc1)N1CCC(c2cnn(C)c2)C1.I. The molecule has 2 heterocycles. The van der Waals surface area contributed by atoms with Crippen LogP contribution in [0.3, 0.4) is 0 Å². The maximum Gasteiger partial charge on any atom is 0.193 e. The summed E-state index contributed by atoms with van der Waals surface area (Å²) in [6.07, 6.45) is 6.16. The Morgan fingerprint density at radius 3 is 2.77 bits per heavy atom. The topological polar surface area (TPSA) is 63.9 Å². The summed E-state index contributed by atoms with van der Waals surface area (Å²) in [5, 5.41) is 7.74. The van der Waals surface area contributed by atoms with Crippen LogP contribution in [0, 0.1) is 0 Å². The van der Waals surface area contributed by atoms with Crippen LogP contribution in [0.5, 0.6) is 5.75 Å². The number of hydrogen-bond acceptors (Lipinski definition) is 4. The Hall–Kier alpha value is -1.81. The van der Waals surface area contributed by atoms with Crippen molar-refractivity contribution in [1.29, 1.82) is 0 Å². The summed E-state index contributed by atoms with van der Waals surface area (Å²) < 4.78 is 12.8. The van der Waals surface area contributed by atoms with E-state index in [0.717, 1.165) is 56.3 Å². The molecule has 3 rings (SSSR count). The summed E-state index contributed by atoms with van der Waals surface area (Å²) in [6, 6.07) is 7.99. The molecule has 1 aliphatic rings. The normalized spacial score (nSPS) is 16.4. The number of guanidine groups is 1. The number of ether oxygens (including phenoxy) is 2. The third-order valence-corrected chi connectivity index (χ3v) is 5.16. The maximum absolute atomic E-state index is 5.78. The molecule has 0 amide bonds. The highest BCUT2D eigenvalue weighted by atomic mass is 127. The van der Waals surface area contributed by atoms with Gasteiger partial charge >= 0.3 is 0 Å². The van der Waals surface area contributed by atoms with Gasteiger partial charge in [0.15, 0.2) is 5.96 Å². The van der Waals surface area contributed by atoms with E-state index >= 15 is 0 Å². The van der Waals surface area contributed by atoms with Crippen LogP contribution in [0.2, 0.25) is 0 Å². The number of hydrogen-bond donors (Lipinski definition) is 1. The Morgan fingerprint density at radius 1 is 1.30 bits per heavy atom. The van der Waals surface area contributed by atoms with Crippen LogP contribution in [-0.2, 0) is 18.4 Å². The highest BCUT2D eigenvalue weighted by molar-refractivity contribution is 14.0. The van der Waals surface area contributed by atoms with Crippen LogP contribution >= 0.6 is 24.0 Å². The number of rotatable bonds is 9. The van der Waals surface area contributed by atoms with Gasteiger partial charge in [-0.3, -0.25) is 9.67 Å². The summed E-state index contributed by atoms with van der Waals surface area (Å²) in [4.78, 5) is 7.17. The van der Waals surface area contributed by atoms with Gasteiger partial charge in [-0.1, -0.05) is 12.1 Å². The summed E-state index contributed by atoms with van der Waals surface area (Å²) in [5.41, 5.74) is 2.47. The standard InChI is InChI=1S/C22H33N5O2.HI/c1-4-23-22(27-12-10-19(16-27)20-14-25-26(2)15-20)24-11-5-13-29-17-18-6-8-21(28-3)9-7-18;/h6-9,14-15,19H,4-5,10-13,16-17H2,1-3H3,(H,23,24);1H. The van der Waals surface area contributed by atoms with E-state index in [1.165, 1.54) is 5.56 Å². The molecule has 166 valence electrons. The number of methoxy groups -OCH3 is 1. The van der Waals surface area contributed by atoms with Gasteiger partial charge in [0.2, 0.25) is 0 Å². The first-order valence-electron chi connectivity index (χ1n) is 10.4. The van der Waals surface area contributed by atoms with Gasteiger partial charge in [0.05, 0.1) is 19.9 Å². The molecule has 1 saturated heterocycles. The number of benzene rings is 1. The Morgan fingerprint density at radius 2 is 2.10 bits per heavy atom. The van der Waals surface area contributed by atoms with Crippen LogP contribution in [0.15, 0.2) is 41.7 Å². The van der Waals surface area contributed by atoms with Crippen molar-refractivity contribution in [3.05, 3.63) is 47.8 Å². The number of halogens is 1. The van der Waals surface area contributed by atoms with Crippen molar-refractivity contribution in [2.45, 2.75) is 32.3 Å². The van der Waals surface area contributed by atoms with Gasteiger partial charge in [0.1, 0.15) is 5.75 Å². The lowest BCUT2D eigenvalue weighted by Crippen LogP contribution is -2.40. The number of nitrogens with zero attached hydrogens (tertiary/aromatic N) is 4. The Kier molecular flexibility index (Phi) is 10.4. The smallest absolute Gasteiger partial charge is 0.193 e. The molecule has 1 aromatic heterocycles. The molecular weight excluding hydrogens is 493 g/mol. The predicted octanol–water partition coefficient (Wildman–Crippen LogP) is 3.41. The van der Waals surface area contributed by atoms with E-state index in [1.807, 2.05) is 42.2 Å². The van der Waals surface area contributed by atoms with E-state index in [-0.39, 0.29) is 24.0 Å². The van der Waals surface area contributed by atoms with E-state index < -0.39 is 0 Å². The molecule has 0 saturated carbocycles. The minimum Gasteiger partial charge on any atom is -0.497 e. The molecule has 0 spiro atoms. The molecule has 1 N–H and O–H groups in total. The number of aryl methyl sites for hydroxylation is 1. The molecule has 1 aliphatic heterocycles. The predicted molar refractivity (Wildman–Crippen MR) is 131 cm³/mol. The van der Waals surface area contributed by atoms with Gasteiger partial charge in [0.25, 0.3) is 0 Å². The highest BCUT2D eigenvalue weighted by Crippen LogP contribution is 2.26. The molecule has 1 fully saturated rings. The van der Waals surface area contributed by atoms with E-state index in [2.05, 4.69) is 28.4 Å². The fraction of sp³-hybridized carbons (Fsp3) is 0.545. The van der Waals surface area contributed by atoms with Gasteiger partial charge < -0.3 is 19.7 Å². The molecular formula is C22H34IN5O2. The van der Waals surface area contributed by atoms with E-state index in [0.29, 0.717) is 19.1 Å². The lowest BCUT2D eigenvalue weighted by molar-refractivity contribution is 0.120. The van der Waals surface area contributed by atoms with Crippen molar-refractivity contribution in [1.82, 2.24) is 20.0 Å². The molecule has 1 atom stereocenters.